The fourth-order valence-electron chi connectivity index (χ4n) is 1.58. The topological polar surface area (TPSA) is 64.3 Å². The van der Waals surface area contributed by atoms with Crippen molar-refractivity contribution in [2.75, 3.05) is 11.9 Å². The number of nitrogens with two attached hydrogens (primary N) is 1. The third-order valence-corrected chi connectivity index (χ3v) is 2.49. The number of nitrogens with one attached hydrogen (secondary N) is 1. The molecular formula is C16H13FN2O2. The van der Waals surface area contributed by atoms with E-state index in [0.717, 1.165) is 0 Å². The van der Waals surface area contributed by atoms with Crippen LogP contribution in [-0.4, -0.2) is 12.6 Å². The first-order chi connectivity index (χ1) is 10.2. The summed E-state index contributed by atoms with van der Waals surface area (Å²) in [5, 5.41) is 2.33. The Kier molecular flexibility index (Phi) is 4.91. The van der Waals surface area contributed by atoms with Crippen LogP contribution in [0.4, 0.5) is 14.9 Å². The van der Waals surface area contributed by atoms with E-state index in [0.29, 0.717) is 11.3 Å². The van der Waals surface area contributed by atoms with Gasteiger partial charge in [0.05, 0.1) is 12.2 Å². The van der Waals surface area contributed by atoms with Crippen LogP contribution in [0, 0.1) is 17.7 Å². The van der Waals surface area contributed by atoms with Crippen LogP contribution in [0.3, 0.4) is 0 Å². The number of carbonyl (C=O) groups is 1. The average molecular weight is 284 g/mol. The summed E-state index contributed by atoms with van der Waals surface area (Å²) < 4.78 is 18.8. The van der Waals surface area contributed by atoms with Gasteiger partial charge in [0.1, 0.15) is 11.6 Å². The molecule has 4 nitrogen and oxygen atoms in total. The second-order valence-electron chi connectivity index (χ2n) is 4.03. The van der Waals surface area contributed by atoms with Crippen LogP contribution in [0.15, 0.2) is 48.5 Å². The molecule has 3 N–H and O–H groups in total. The van der Waals surface area contributed by atoms with Crippen molar-refractivity contribution in [2.24, 2.45) is 5.73 Å². The lowest BCUT2D eigenvalue weighted by molar-refractivity contribution is 0.215. The van der Waals surface area contributed by atoms with E-state index in [1.54, 1.807) is 36.4 Å². The zero-order valence-corrected chi connectivity index (χ0v) is 11.1. The lowest BCUT2D eigenvalue weighted by Gasteiger charge is -2.07. The number of anilines is 1. The summed E-state index contributed by atoms with van der Waals surface area (Å²) in [7, 11) is 0. The van der Waals surface area contributed by atoms with Gasteiger partial charge in [-0.3, -0.25) is 5.32 Å². The summed E-state index contributed by atoms with van der Waals surface area (Å²) in [5.74, 6) is 5.11. The van der Waals surface area contributed by atoms with Gasteiger partial charge in [-0.15, -0.1) is 0 Å². The van der Waals surface area contributed by atoms with Gasteiger partial charge in [0.2, 0.25) is 0 Å². The maximum absolute atomic E-state index is 13.8. The molecule has 0 unspecified atom stereocenters. The van der Waals surface area contributed by atoms with Crippen molar-refractivity contribution < 1.29 is 13.9 Å². The van der Waals surface area contributed by atoms with E-state index in [4.69, 9.17) is 10.5 Å². The number of benzene rings is 2. The van der Waals surface area contributed by atoms with E-state index in [2.05, 4.69) is 17.2 Å². The van der Waals surface area contributed by atoms with Gasteiger partial charge in [-0.1, -0.05) is 30.0 Å². The number of hydrogen-bond acceptors (Lipinski definition) is 3. The molecular weight excluding hydrogens is 271 g/mol. The van der Waals surface area contributed by atoms with E-state index in [1.807, 2.05) is 0 Å². The van der Waals surface area contributed by atoms with Crippen LogP contribution < -0.4 is 15.8 Å². The molecule has 1 amide bonds. The van der Waals surface area contributed by atoms with Crippen molar-refractivity contribution in [3.63, 3.8) is 0 Å². The van der Waals surface area contributed by atoms with Crippen LogP contribution in [0.1, 0.15) is 5.56 Å². The number of halogens is 1. The SMILES string of the molecule is NCC#Cc1ccc(NC(=O)Oc2ccccc2)c(F)c1. The zero-order chi connectivity index (χ0) is 15.1. The van der Waals surface area contributed by atoms with E-state index in [9.17, 15) is 9.18 Å². The van der Waals surface area contributed by atoms with Crippen molar-refractivity contribution in [3.05, 3.63) is 59.9 Å². The number of ether oxygens (including phenoxy) is 1. The summed E-state index contributed by atoms with van der Waals surface area (Å²) in [6.45, 7) is 0.199. The standard InChI is InChI=1S/C16H13FN2O2/c17-14-11-12(5-4-10-18)8-9-15(14)19-16(20)21-13-6-2-1-3-7-13/h1-3,6-9,11H,10,18H2,(H,19,20). The minimum atomic E-state index is -0.763. The molecule has 0 aliphatic carbocycles. The van der Waals surface area contributed by atoms with Crippen molar-refractivity contribution in [1.29, 1.82) is 0 Å². The molecule has 0 fully saturated rings. The highest BCUT2D eigenvalue weighted by molar-refractivity contribution is 5.86. The first-order valence-electron chi connectivity index (χ1n) is 6.21. The largest absolute Gasteiger partial charge is 0.417 e. The Morgan fingerprint density at radius 3 is 2.67 bits per heavy atom. The normalized spacial score (nSPS) is 9.43. The Labute approximate surface area is 121 Å². The highest BCUT2D eigenvalue weighted by Crippen LogP contribution is 2.16. The Morgan fingerprint density at radius 2 is 2.00 bits per heavy atom. The molecule has 0 atom stereocenters. The maximum Gasteiger partial charge on any atom is 0.417 e. The second-order valence-corrected chi connectivity index (χ2v) is 4.03. The summed E-state index contributed by atoms with van der Waals surface area (Å²) in [5.41, 5.74) is 5.75. The number of rotatable bonds is 2. The third kappa shape index (κ3) is 4.34. The van der Waals surface area contributed by atoms with Crippen molar-refractivity contribution in [1.82, 2.24) is 0 Å². The van der Waals surface area contributed by atoms with E-state index < -0.39 is 11.9 Å². The summed E-state index contributed by atoms with van der Waals surface area (Å²) in [6, 6.07) is 12.7. The molecule has 0 saturated heterocycles. The summed E-state index contributed by atoms with van der Waals surface area (Å²) in [6.07, 6.45) is -0.763. The van der Waals surface area contributed by atoms with E-state index in [1.165, 1.54) is 12.1 Å². The van der Waals surface area contributed by atoms with Crippen LogP contribution in [0.2, 0.25) is 0 Å². The first kappa shape index (κ1) is 14.6. The second kappa shape index (κ2) is 7.08. The number of para-hydroxylation sites is 1. The highest BCUT2D eigenvalue weighted by Gasteiger charge is 2.09. The molecule has 0 bridgehead atoms. The minimum absolute atomic E-state index is 0.0224. The fraction of sp³-hybridized carbons (Fsp3) is 0.0625. The number of carbonyl (C=O) groups excluding carboxylic acids is 1. The third-order valence-electron chi connectivity index (χ3n) is 2.49. The molecule has 0 heterocycles. The van der Waals surface area contributed by atoms with Crippen molar-refractivity contribution >= 4 is 11.8 Å². The van der Waals surface area contributed by atoms with Gasteiger partial charge in [0.25, 0.3) is 0 Å². The molecule has 2 rings (SSSR count). The van der Waals surface area contributed by atoms with Gasteiger partial charge in [0.15, 0.2) is 0 Å². The van der Waals surface area contributed by atoms with Crippen LogP contribution in [0.25, 0.3) is 0 Å². The molecule has 0 radical (unpaired) electrons. The molecule has 0 saturated carbocycles. The monoisotopic (exact) mass is 284 g/mol. The average Bonchev–Trinajstić information content (AvgIpc) is 2.48. The fourth-order valence-corrected chi connectivity index (χ4v) is 1.58. The van der Waals surface area contributed by atoms with Gasteiger partial charge in [0, 0.05) is 5.56 Å². The molecule has 0 aromatic heterocycles. The number of amides is 1. The highest BCUT2D eigenvalue weighted by atomic mass is 19.1. The maximum atomic E-state index is 13.8. The van der Waals surface area contributed by atoms with Gasteiger partial charge >= 0.3 is 6.09 Å². The van der Waals surface area contributed by atoms with Gasteiger partial charge < -0.3 is 10.5 Å². The van der Waals surface area contributed by atoms with E-state index in [-0.39, 0.29) is 12.2 Å². The predicted octanol–water partition coefficient (Wildman–Crippen LogP) is 2.75. The quantitative estimate of drug-likeness (QED) is 0.833. The molecule has 2 aromatic carbocycles. The first-order valence-corrected chi connectivity index (χ1v) is 6.21. The Morgan fingerprint density at radius 1 is 1.24 bits per heavy atom. The Hall–Kier alpha value is -2.84. The van der Waals surface area contributed by atoms with Crippen molar-refractivity contribution in [3.8, 4) is 17.6 Å². The molecule has 0 aliphatic heterocycles. The van der Waals surface area contributed by atoms with Gasteiger partial charge in [-0.25, -0.2) is 9.18 Å². The van der Waals surface area contributed by atoms with Gasteiger partial charge in [-0.05, 0) is 30.3 Å². The Bertz CT molecular complexity index is 690. The van der Waals surface area contributed by atoms with Crippen LogP contribution in [0.5, 0.6) is 5.75 Å². The smallest absolute Gasteiger partial charge is 0.410 e. The minimum Gasteiger partial charge on any atom is -0.410 e. The zero-order valence-electron chi connectivity index (χ0n) is 11.1. The number of hydrogen-bond donors (Lipinski definition) is 2. The van der Waals surface area contributed by atoms with Crippen LogP contribution in [-0.2, 0) is 0 Å². The Balaban J connectivity index is 2.04. The molecule has 21 heavy (non-hydrogen) atoms. The molecule has 5 heteroatoms. The van der Waals surface area contributed by atoms with E-state index >= 15 is 0 Å². The predicted molar refractivity (Wildman–Crippen MR) is 78.4 cm³/mol. The van der Waals surface area contributed by atoms with Crippen molar-refractivity contribution in [2.45, 2.75) is 0 Å². The summed E-state index contributed by atoms with van der Waals surface area (Å²) >= 11 is 0. The van der Waals surface area contributed by atoms with Crippen LogP contribution >= 0.6 is 0 Å². The summed E-state index contributed by atoms with van der Waals surface area (Å²) in [4.78, 5) is 11.6. The lowest BCUT2D eigenvalue weighted by Crippen LogP contribution is -2.17. The molecule has 2 aromatic rings. The lowest BCUT2D eigenvalue weighted by atomic mass is 10.2. The van der Waals surface area contributed by atoms with Gasteiger partial charge in [-0.2, -0.15) is 0 Å². The molecule has 106 valence electrons. The molecule has 0 spiro atoms. The molecule has 0 aliphatic rings.